The van der Waals surface area contributed by atoms with E-state index >= 15 is 0 Å². The standard InChI is InChI=1S/C14H14BrClO2S/c1-17-13-8-10(9-16)7-12(15)14(13)18-5-4-11-3-2-6-19-11/h2-3,6-8H,4-5,9H2,1H3. The number of methoxy groups -OCH3 is 1. The van der Waals surface area contributed by atoms with Gasteiger partial charge >= 0.3 is 0 Å². The van der Waals surface area contributed by atoms with Gasteiger partial charge in [-0.2, -0.15) is 0 Å². The molecule has 0 aliphatic carbocycles. The third-order valence-electron chi connectivity index (χ3n) is 2.62. The highest BCUT2D eigenvalue weighted by Crippen LogP contribution is 2.37. The van der Waals surface area contributed by atoms with Gasteiger partial charge in [0, 0.05) is 17.2 Å². The van der Waals surface area contributed by atoms with Crippen LogP contribution >= 0.6 is 38.9 Å². The van der Waals surface area contributed by atoms with Crippen LogP contribution in [-0.4, -0.2) is 13.7 Å². The van der Waals surface area contributed by atoms with Gasteiger partial charge in [-0.3, -0.25) is 0 Å². The summed E-state index contributed by atoms with van der Waals surface area (Å²) < 4.78 is 12.0. The Kier molecular flexibility index (Phi) is 5.55. The molecule has 2 aromatic rings. The summed E-state index contributed by atoms with van der Waals surface area (Å²) in [6, 6.07) is 8.01. The number of hydrogen-bond donors (Lipinski definition) is 0. The normalized spacial score (nSPS) is 10.5. The second kappa shape index (κ2) is 7.17. The molecule has 0 aliphatic heterocycles. The van der Waals surface area contributed by atoms with Crippen molar-refractivity contribution in [2.24, 2.45) is 0 Å². The maximum absolute atomic E-state index is 5.84. The number of benzene rings is 1. The summed E-state index contributed by atoms with van der Waals surface area (Å²) in [5, 5.41) is 2.07. The van der Waals surface area contributed by atoms with E-state index in [1.54, 1.807) is 18.4 Å². The summed E-state index contributed by atoms with van der Waals surface area (Å²) in [5.41, 5.74) is 0.996. The van der Waals surface area contributed by atoms with Crippen LogP contribution in [0.5, 0.6) is 11.5 Å². The van der Waals surface area contributed by atoms with Crippen molar-refractivity contribution < 1.29 is 9.47 Å². The molecule has 0 saturated heterocycles. The summed E-state index contributed by atoms with van der Waals surface area (Å²) in [6.07, 6.45) is 0.893. The highest BCUT2D eigenvalue weighted by Gasteiger charge is 2.11. The van der Waals surface area contributed by atoms with Gasteiger partial charge in [0.1, 0.15) is 0 Å². The molecule has 2 rings (SSSR count). The Morgan fingerprint density at radius 2 is 2.21 bits per heavy atom. The summed E-state index contributed by atoms with van der Waals surface area (Å²) in [5.74, 6) is 1.88. The number of rotatable bonds is 6. The maximum atomic E-state index is 5.84. The molecule has 0 spiro atoms. The lowest BCUT2D eigenvalue weighted by molar-refractivity contribution is 0.296. The molecule has 0 fully saturated rings. The van der Waals surface area contributed by atoms with Crippen molar-refractivity contribution in [3.05, 3.63) is 44.6 Å². The molecule has 0 atom stereocenters. The molecule has 0 amide bonds. The van der Waals surface area contributed by atoms with Crippen LogP contribution < -0.4 is 9.47 Å². The van der Waals surface area contributed by atoms with Crippen molar-refractivity contribution in [1.29, 1.82) is 0 Å². The van der Waals surface area contributed by atoms with Crippen molar-refractivity contribution in [1.82, 2.24) is 0 Å². The first-order valence-corrected chi connectivity index (χ1v) is 8.03. The fourth-order valence-electron chi connectivity index (χ4n) is 1.70. The Morgan fingerprint density at radius 3 is 2.84 bits per heavy atom. The van der Waals surface area contributed by atoms with Gasteiger partial charge in [0.05, 0.1) is 18.2 Å². The average Bonchev–Trinajstić information content (AvgIpc) is 2.93. The molecule has 0 radical (unpaired) electrons. The zero-order chi connectivity index (χ0) is 13.7. The van der Waals surface area contributed by atoms with Crippen LogP contribution in [0.15, 0.2) is 34.1 Å². The van der Waals surface area contributed by atoms with Gasteiger partial charge in [0.2, 0.25) is 0 Å². The summed E-state index contributed by atoms with van der Waals surface area (Å²) in [6.45, 7) is 0.621. The van der Waals surface area contributed by atoms with Gasteiger partial charge < -0.3 is 9.47 Å². The molecule has 5 heteroatoms. The third-order valence-corrected chi connectivity index (χ3v) is 4.45. The van der Waals surface area contributed by atoms with Gasteiger partial charge in [-0.15, -0.1) is 22.9 Å². The van der Waals surface area contributed by atoms with E-state index in [1.165, 1.54) is 4.88 Å². The van der Waals surface area contributed by atoms with E-state index in [-0.39, 0.29) is 0 Å². The molecule has 0 aliphatic rings. The van der Waals surface area contributed by atoms with E-state index in [9.17, 15) is 0 Å². The van der Waals surface area contributed by atoms with Crippen molar-refractivity contribution in [3.63, 3.8) is 0 Å². The quantitative estimate of drug-likeness (QED) is 0.683. The van der Waals surface area contributed by atoms with Crippen LogP contribution in [0, 0.1) is 0 Å². The predicted octanol–water partition coefficient (Wildman–Crippen LogP) is 4.88. The number of thiophene rings is 1. The summed E-state index contributed by atoms with van der Waals surface area (Å²) in [7, 11) is 1.63. The molecule has 0 N–H and O–H groups in total. The van der Waals surface area contributed by atoms with Crippen LogP contribution in [0.1, 0.15) is 10.4 Å². The van der Waals surface area contributed by atoms with Crippen LogP contribution in [0.25, 0.3) is 0 Å². The van der Waals surface area contributed by atoms with Crippen molar-refractivity contribution in [2.75, 3.05) is 13.7 Å². The minimum atomic E-state index is 0.449. The molecule has 1 aromatic heterocycles. The minimum absolute atomic E-state index is 0.449. The molecular formula is C14H14BrClO2S. The fraction of sp³-hybridized carbons (Fsp3) is 0.286. The van der Waals surface area contributed by atoms with Crippen LogP contribution in [-0.2, 0) is 12.3 Å². The largest absolute Gasteiger partial charge is 0.493 e. The van der Waals surface area contributed by atoms with Crippen LogP contribution in [0.3, 0.4) is 0 Å². The third kappa shape index (κ3) is 3.88. The van der Waals surface area contributed by atoms with Crippen molar-refractivity contribution in [2.45, 2.75) is 12.3 Å². The second-order valence-electron chi connectivity index (χ2n) is 3.92. The van der Waals surface area contributed by atoms with E-state index in [0.717, 1.165) is 22.2 Å². The fourth-order valence-corrected chi connectivity index (χ4v) is 3.15. The van der Waals surface area contributed by atoms with Crippen LogP contribution in [0.2, 0.25) is 0 Å². The molecule has 2 nitrogen and oxygen atoms in total. The molecule has 0 bridgehead atoms. The van der Waals surface area contributed by atoms with Gasteiger partial charge in [-0.1, -0.05) is 6.07 Å². The highest BCUT2D eigenvalue weighted by atomic mass is 79.9. The van der Waals surface area contributed by atoms with Crippen molar-refractivity contribution in [3.8, 4) is 11.5 Å². The molecule has 102 valence electrons. The number of hydrogen-bond acceptors (Lipinski definition) is 3. The lowest BCUT2D eigenvalue weighted by atomic mass is 10.2. The molecule has 1 heterocycles. The number of ether oxygens (including phenoxy) is 2. The van der Waals surface area contributed by atoms with Gasteiger partial charge in [0.15, 0.2) is 11.5 Å². The topological polar surface area (TPSA) is 18.5 Å². The number of halogens is 2. The Bertz CT molecular complexity index is 528. The first kappa shape index (κ1) is 14.7. The number of alkyl halides is 1. The minimum Gasteiger partial charge on any atom is -0.493 e. The monoisotopic (exact) mass is 360 g/mol. The lowest BCUT2D eigenvalue weighted by Gasteiger charge is -2.13. The zero-order valence-electron chi connectivity index (χ0n) is 10.5. The van der Waals surface area contributed by atoms with E-state index in [1.807, 2.05) is 18.2 Å². The summed E-state index contributed by atoms with van der Waals surface area (Å²) >= 11 is 11.1. The maximum Gasteiger partial charge on any atom is 0.175 e. The lowest BCUT2D eigenvalue weighted by Crippen LogP contribution is -2.03. The Labute approximate surface area is 130 Å². The first-order chi connectivity index (χ1) is 9.24. The molecule has 19 heavy (non-hydrogen) atoms. The van der Waals surface area contributed by atoms with Crippen LogP contribution in [0.4, 0.5) is 0 Å². The van der Waals surface area contributed by atoms with Gasteiger partial charge in [0.25, 0.3) is 0 Å². The Hall–Kier alpha value is -0.710. The SMILES string of the molecule is COc1cc(CCl)cc(Br)c1OCCc1cccs1. The van der Waals surface area contributed by atoms with Gasteiger partial charge in [-0.05, 0) is 45.1 Å². The van der Waals surface area contributed by atoms with E-state index in [4.69, 9.17) is 21.1 Å². The highest BCUT2D eigenvalue weighted by molar-refractivity contribution is 9.10. The first-order valence-electron chi connectivity index (χ1n) is 5.82. The second-order valence-corrected chi connectivity index (χ2v) is 6.07. The predicted molar refractivity (Wildman–Crippen MR) is 83.8 cm³/mol. The average molecular weight is 362 g/mol. The smallest absolute Gasteiger partial charge is 0.175 e. The Morgan fingerprint density at radius 1 is 1.37 bits per heavy atom. The van der Waals surface area contributed by atoms with E-state index in [2.05, 4.69) is 27.4 Å². The molecule has 1 aromatic carbocycles. The molecule has 0 unspecified atom stereocenters. The van der Waals surface area contributed by atoms with Gasteiger partial charge in [-0.25, -0.2) is 0 Å². The molecule has 0 saturated carbocycles. The van der Waals surface area contributed by atoms with E-state index < -0.39 is 0 Å². The Balaban J connectivity index is 2.06. The van der Waals surface area contributed by atoms with Crippen molar-refractivity contribution >= 4 is 38.9 Å². The molecular weight excluding hydrogens is 348 g/mol. The van der Waals surface area contributed by atoms with E-state index in [0.29, 0.717) is 18.2 Å². The summed E-state index contributed by atoms with van der Waals surface area (Å²) in [4.78, 5) is 1.31. The zero-order valence-corrected chi connectivity index (χ0v) is 13.6.